The van der Waals surface area contributed by atoms with Crippen molar-refractivity contribution in [3.63, 3.8) is 0 Å². The summed E-state index contributed by atoms with van der Waals surface area (Å²) >= 11 is 1.13. The summed E-state index contributed by atoms with van der Waals surface area (Å²) in [5.74, 6) is 0.569. The van der Waals surface area contributed by atoms with Crippen LogP contribution in [0.2, 0.25) is 0 Å². The molecule has 3 aromatic carbocycles. The number of hydrogen-bond donors (Lipinski definition) is 0. The Balaban J connectivity index is 1.51. The summed E-state index contributed by atoms with van der Waals surface area (Å²) in [4.78, 5) is 17.5. The average molecular weight is 521 g/mol. The number of halogens is 2. The Morgan fingerprint density at radius 1 is 1.03 bits per heavy atom. The Kier molecular flexibility index (Phi) is 6.97. The van der Waals surface area contributed by atoms with Crippen LogP contribution in [-0.2, 0) is 13.1 Å². The minimum Gasteiger partial charge on any atom is -0.497 e. The lowest BCUT2D eigenvalue weighted by Crippen LogP contribution is -2.29. The van der Waals surface area contributed by atoms with Crippen molar-refractivity contribution in [3.05, 3.63) is 83.4 Å². The molecule has 0 fully saturated rings. The predicted molar refractivity (Wildman–Crippen MR) is 143 cm³/mol. The van der Waals surface area contributed by atoms with Gasteiger partial charge >= 0.3 is 5.24 Å². The van der Waals surface area contributed by atoms with Crippen molar-refractivity contribution in [2.75, 3.05) is 12.9 Å². The fourth-order valence-corrected chi connectivity index (χ4v) is 5.05. The first kappa shape index (κ1) is 25.0. The first-order chi connectivity index (χ1) is 17.8. The van der Waals surface area contributed by atoms with E-state index < -0.39 is 11.6 Å². The smallest absolute Gasteiger partial charge is 0.302 e. The highest BCUT2D eigenvalue weighted by Crippen LogP contribution is 2.30. The number of fused-ring (bicyclic) bond motifs is 1. The van der Waals surface area contributed by atoms with Gasteiger partial charge < -0.3 is 9.30 Å². The number of ether oxygens (including phenoxy) is 1. The molecule has 9 heteroatoms. The second-order valence-corrected chi connectivity index (χ2v) is 10.2. The van der Waals surface area contributed by atoms with Crippen LogP contribution in [0.4, 0.5) is 13.6 Å². The third kappa shape index (κ3) is 5.22. The van der Waals surface area contributed by atoms with Gasteiger partial charge in [-0.05, 0) is 47.9 Å². The minimum atomic E-state index is -0.951. The lowest BCUT2D eigenvalue weighted by atomic mass is 10.1. The zero-order chi connectivity index (χ0) is 26.1. The fourth-order valence-electron chi connectivity index (χ4n) is 4.31. The van der Waals surface area contributed by atoms with Crippen LogP contribution in [0.5, 0.6) is 5.75 Å². The van der Waals surface area contributed by atoms with E-state index >= 15 is 0 Å². The van der Waals surface area contributed by atoms with Crippen LogP contribution in [0.15, 0.2) is 65.8 Å². The number of imidazole rings is 1. The summed E-state index contributed by atoms with van der Waals surface area (Å²) in [6.45, 7) is 5.19. The molecular formula is C28H26F2N4O2S. The molecule has 1 aliphatic rings. The van der Waals surface area contributed by atoms with Gasteiger partial charge in [-0.3, -0.25) is 4.79 Å². The molecular weight excluding hydrogens is 494 g/mol. The van der Waals surface area contributed by atoms with Crippen molar-refractivity contribution < 1.29 is 18.3 Å². The third-order valence-corrected chi connectivity index (χ3v) is 6.93. The van der Waals surface area contributed by atoms with Crippen LogP contribution in [0.25, 0.3) is 22.4 Å². The maximum atomic E-state index is 13.7. The van der Waals surface area contributed by atoms with Crippen molar-refractivity contribution in [1.29, 1.82) is 0 Å². The lowest BCUT2D eigenvalue weighted by molar-refractivity contribution is 0.222. The minimum absolute atomic E-state index is 0.0534. The maximum absolute atomic E-state index is 13.7. The van der Waals surface area contributed by atoms with Gasteiger partial charge in [0.2, 0.25) is 0 Å². The van der Waals surface area contributed by atoms with E-state index in [4.69, 9.17) is 9.72 Å². The van der Waals surface area contributed by atoms with Gasteiger partial charge in [-0.2, -0.15) is 5.10 Å². The highest BCUT2D eigenvalue weighted by Gasteiger charge is 2.24. The van der Waals surface area contributed by atoms with Gasteiger partial charge in [0.25, 0.3) is 0 Å². The summed E-state index contributed by atoms with van der Waals surface area (Å²) in [5.41, 5.74) is 4.83. The molecule has 1 aliphatic heterocycles. The number of carbonyl (C=O) groups is 1. The maximum Gasteiger partial charge on any atom is 0.302 e. The topological polar surface area (TPSA) is 59.7 Å². The Labute approximate surface area is 217 Å². The number of thioether (sulfide) groups is 1. The Morgan fingerprint density at radius 2 is 1.86 bits per heavy atom. The molecule has 0 aliphatic carbocycles. The van der Waals surface area contributed by atoms with Gasteiger partial charge in [0.05, 0.1) is 30.4 Å². The molecule has 0 saturated heterocycles. The van der Waals surface area contributed by atoms with Crippen molar-refractivity contribution in [2.24, 2.45) is 11.0 Å². The van der Waals surface area contributed by atoms with E-state index in [1.165, 1.54) is 11.1 Å². The number of rotatable bonds is 7. The molecule has 0 unspecified atom stereocenters. The van der Waals surface area contributed by atoms with Crippen molar-refractivity contribution in [3.8, 4) is 17.1 Å². The highest BCUT2D eigenvalue weighted by molar-refractivity contribution is 8.14. The number of nitrogens with zero attached hydrogens (tertiary/aromatic N) is 4. The van der Waals surface area contributed by atoms with Gasteiger partial charge in [-0.15, -0.1) is 0 Å². The van der Waals surface area contributed by atoms with E-state index in [2.05, 4.69) is 23.5 Å². The molecule has 37 heavy (non-hydrogen) atoms. The lowest BCUT2D eigenvalue weighted by Gasteiger charge is -2.23. The Bertz CT molecular complexity index is 1520. The SMILES string of the molecule is COc1cccc(-c2nc3cc(C4=NN(Cc5ccc(F)c(F)c5)C(=O)SC4)ccc3n2CC(C)C)c1. The quantitative estimate of drug-likeness (QED) is 0.271. The van der Waals surface area contributed by atoms with Gasteiger partial charge in [0, 0.05) is 23.4 Å². The molecule has 0 N–H and O–H groups in total. The normalized spacial score (nSPS) is 13.9. The van der Waals surface area contributed by atoms with Crippen molar-refractivity contribution >= 4 is 33.7 Å². The zero-order valence-corrected chi connectivity index (χ0v) is 21.6. The summed E-state index contributed by atoms with van der Waals surface area (Å²) in [6, 6.07) is 17.5. The van der Waals surface area contributed by atoms with Crippen LogP contribution >= 0.6 is 11.8 Å². The molecule has 0 bridgehead atoms. The summed E-state index contributed by atoms with van der Waals surface area (Å²) < 4.78 is 34.6. The fraction of sp³-hybridized carbons (Fsp3) is 0.250. The monoisotopic (exact) mass is 520 g/mol. The number of hydrogen-bond acceptors (Lipinski definition) is 5. The largest absolute Gasteiger partial charge is 0.497 e. The number of benzene rings is 3. The molecule has 5 rings (SSSR count). The van der Waals surface area contributed by atoms with Gasteiger partial charge in [0.1, 0.15) is 11.6 Å². The first-order valence-corrected chi connectivity index (χ1v) is 12.9. The van der Waals surface area contributed by atoms with Crippen LogP contribution < -0.4 is 4.74 Å². The Morgan fingerprint density at radius 3 is 2.62 bits per heavy atom. The van der Waals surface area contributed by atoms with E-state index in [1.807, 2.05) is 42.5 Å². The molecule has 0 saturated carbocycles. The molecule has 1 amide bonds. The highest BCUT2D eigenvalue weighted by atomic mass is 32.2. The number of aromatic nitrogens is 2. The second-order valence-electron chi connectivity index (χ2n) is 9.28. The number of methoxy groups -OCH3 is 1. The number of hydrazone groups is 1. The van der Waals surface area contributed by atoms with E-state index in [0.717, 1.165) is 69.9 Å². The van der Waals surface area contributed by atoms with E-state index in [-0.39, 0.29) is 11.8 Å². The number of amides is 1. The molecule has 0 atom stereocenters. The molecule has 2 heterocycles. The predicted octanol–water partition coefficient (Wildman–Crippen LogP) is 6.72. The average Bonchev–Trinajstić information content (AvgIpc) is 3.24. The number of carbonyl (C=O) groups excluding carboxylic acids is 1. The molecule has 1 aromatic heterocycles. The summed E-state index contributed by atoms with van der Waals surface area (Å²) in [6.07, 6.45) is 0. The Hall–Kier alpha value is -3.72. The van der Waals surface area contributed by atoms with Gasteiger partial charge in [-0.1, -0.05) is 49.9 Å². The van der Waals surface area contributed by atoms with E-state index in [1.54, 1.807) is 7.11 Å². The molecule has 6 nitrogen and oxygen atoms in total. The van der Waals surface area contributed by atoms with Crippen LogP contribution in [0.1, 0.15) is 25.0 Å². The second kappa shape index (κ2) is 10.3. The van der Waals surface area contributed by atoms with Gasteiger partial charge in [0.15, 0.2) is 11.6 Å². The summed E-state index contributed by atoms with van der Waals surface area (Å²) in [7, 11) is 1.64. The van der Waals surface area contributed by atoms with Crippen LogP contribution in [0.3, 0.4) is 0 Å². The first-order valence-electron chi connectivity index (χ1n) is 11.9. The van der Waals surface area contributed by atoms with Crippen molar-refractivity contribution in [1.82, 2.24) is 14.6 Å². The summed E-state index contributed by atoms with van der Waals surface area (Å²) in [5, 5.41) is 5.61. The van der Waals surface area contributed by atoms with Crippen LogP contribution in [-0.4, -0.2) is 38.4 Å². The molecule has 4 aromatic rings. The van der Waals surface area contributed by atoms with E-state index in [9.17, 15) is 13.6 Å². The van der Waals surface area contributed by atoms with Gasteiger partial charge in [-0.25, -0.2) is 18.8 Å². The standard InChI is InChI=1S/C28H26F2N4O2S/c1-17(2)14-33-26-10-8-19(13-24(26)31-27(33)20-5-4-6-21(12-20)36-3)25-16-37-28(35)34(32-25)15-18-7-9-22(29)23(30)11-18/h4-13,17H,14-16H2,1-3H3. The molecule has 190 valence electrons. The van der Waals surface area contributed by atoms with Crippen molar-refractivity contribution in [2.45, 2.75) is 26.9 Å². The molecule has 0 radical (unpaired) electrons. The zero-order valence-electron chi connectivity index (χ0n) is 20.7. The molecule has 0 spiro atoms. The van der Waals surface area contributed by atoms with Crippen LogP contribution in [0, 0.1) is 17.6 Å². The van der Waals surface area contributed by atoms with E-state index in [0.29, 0.717) is 17.2 Å². The third-order valence-electron chi connectivity index (χ3n) is 6.06.